The van der Waals surface area contributed by atoms with E-state index in [1.807, 2.05) is 6.92 Å². The average Bonchev–Trinajstić information content (AvgIpc) is 2.44. The van der Waals surface area contributed by atoms with E-state index in [-0.39, 0.29) is 25.0 Å². The molecule has 1 atom stereocenters. The van der Waals surface area contributed by atoms with Gasteiger partial charge < -0.3 is 10.4 Å². The Labute approximate surface area is 122 Å². The number of aryl methyl sites for hydroxylation is 1. The van der Waals surface area contributed by atoms with Crippen LogP contribution in [0.2, 0.25) is 0 Å². The van der Waals surface area contributed by atoms with Gasteiger partial charge in [0.25, 0.3) is 0 Å². The first-order chi connectivity index (χ1) is 9.86. The number of halogens is 3. The van der Waals surface area contributed by atoms with E-state index in [1.165, 1.54) is 12.1 Å². The number of nitrogens with one attached hydrogen (secondary N) is 1. The van der Waals surface area contributed by atoms with Crippen molar-refractivity contribution in [3.8, 4) is 0 Å². The van der Waals surface area contributed by atoms with Crippen molar-refractivity contribution in [2.24, 2.45) is 0 Å². The zero-order valence-corrected chi connectivity index (χ0v) is 11.9. The Hall–Kier alpha value is -1.56. The lowest BCUT2D eigenvalue weighted by Gasteiger charge is -2.15. The minimum absolute atomic E-state index is 0.0116. The van der Waals surface area contributed by atoms with E-state index in [0.717, 1.165) is 18.6 Å². The lowest BCUT2D eigenvalue weighted by atomic mass is 10.1. The van der Waals surface area contributed by atoms with Crippen LogP contribution in [0.15, 0.2) is 24.3 Å². The molecule has 0 saturated heterocycles. The van der Waals surface area contributed by atoms with Gasteiger partial charge in [0.2, 0.25) is 5.91 Å². The molecule has 0 bridgehead atoms. The molecule has 1 aromatic rings. The minimum Gasteiger partial charge on any atom is -0.396 e. The van der Waals surface area contributed by atoms with E-state index in [9.17, 15) is 18.0 Å². The monoisotopic (exact) mass is 303 g/mol. The van der Waals surface area contributed by atoms with Gasteiger partial charge in [0.15, 0.2) is 0 Å². The predicted molar refractivity (Wildman–Crippen MR) is 73.7 cm³/mol. The third-order valence-corrected chi connectivity index (χ3v) is 3.26. The topological polar surface area (TPSA) is 49.3 Å². The van der Waals surface area contributed by atoms with Gasteiger partial charge in [-0.2, -0.15) is 13.2 Å². The molecule has 3 nitrogen and oxygen atoms in total. The summed E-state index contributed by atoms with van der Waals surface area (Å²) in [5.41, 5.74) is -0.00180. The van der Waals surface area contributed by atoms with Crippen LogP contribution >= 0.6 is 0 Å². The van der Waals surface area contributed by atoms with Gasteiger partial charge >= 0.3 is 6.18 Å². The fraction of sp³-hybridized carbons (Fsp3) is 0.533. The summed E-state index contributed by atoms with van der Waals surface area (Å²) in [4.78, 5) is 11.7. The number of amides is 1. The van der Waals surface area contributed by atoms with Gasteiger partial charge in [-0.1, -0.05) is 19.1 Å². The van der Waals surface area contributed by atoms with E-state index >= 15 is 0 Å². The standard InChI is InChI=1S/C15H20F3NO2/c1-2-13(9-10-20)19-14(21)8-5-11-3-6-12(7-4-11)15(16,17)18/h3-4,6-7,13,20H,2,5,8-10H2,1H3,(H,19,21). The third kappa shape index (κ3) is 6.16. The summed E-state index contributed by atoms with van der Waals surface area (Å²) in [6.45, 7) is 1.92. The summed E-state index contributed by atoms with van der Waals surface area (Å²) in [6, 6.07) is 4.76. The maximum atomic E-state index is 12.4. The molecule has 21 heavy (non-hydrogen) atoms. The van der Waals surface area contributed by atoms with Crippen LogP contribution in [0.5, 0.6) is 0 Å². The summed E-state index contributed by atoms with van der Waals surface area (Å²) in [7, 11) is 0. The summed E-state index contributed by atoms with van der Waals surface area (Å²) >= 11 is 0. The van der Waals surface area contributed by atoms with Crippen LogP contribution < -0.4 is 5.32 Å². The summed E-state index contributed by atoms with van der Waals surface area (Å²) in [5.74, 6) is -0.157. The van der Waals surface area contributed by atoms with E-state index in [4.69, 9.17) is 5.11 Å². The van der Waals surface area contributed by atoms with Crippen molar-refractivity contribution in [3.05, 3.63) is 35.4 Å². The van der Waals surface area contributed by atoms with Gasteiger partial charge in [0.1, 0.15) is 0 Å². The summed E-state index contributed by atoms with van der Waals surface area (Å²) in [6.07, 6.45) is -2.50. The predicted octanol–water partition coefficient (Wildman–Crippen LogP) is 2.92. The Morgan fingerprint density at radius 3 is 2.38 bits per heavy atom. The Kier molecular flexibility index (Phi) is 6.68. The maximum Gasteiger partial charge on any atom is 0.416 e. The molecule has 0 aliphatic heterocycles. The fourth-order valence-corrected chi connectivity index (χ4v) is 1.95. The normalized spacial score (nSPS) is 13.0. The Morgan fingerprint density at radius 2 is 1.90 bits per heavy atom. The molecule has 2 N–H and O–H groups in total. The Balaban J connectivity index is 2.46. The Bertz CT molecular complexity index is 443. The highest BCUT2D eigenvalue weighted by atomic mass is 19.4. The number of carbonyl (C=O) groups excluding carboxylic acids is 1. The van der Waals surface area contributed by atoms with Crippen molar-refractivity contribution >= 4 is 5.91 Å². The zero-order valence-electron chi connectivity index (χ0n) is 11.9. The molecule has 0 spiro atoms. The van der Waals surface area contributed by atoms with E-state index < -0.39 is 11.7 Å². The van der Waals surface area contributed by atoms with Crippen LogP contribution in [0, 0.1) is 0 Å². The summed E-state index contributed by atoms with van der Waals surface area (Å²) in [5, 5.41) is 11.6. The first-order valence-electron chi connectivity index (χ1n) is 6.93. The number of aliphatic hydroxyl groups is 1. The molecule has 1 rings (SSSR count). The maximum absolute atomic E-state index is 12.4. The quantitative estimate of drug-likeness (QED) is 0.813. The molecule has 6 heteroatoms. The smallest absolute Gasteiger partial charge is 0.396 e. The molecule has 0 aromatic heterocycles. The summed E-state index contributed by atoms with van der Waals surface area (Å²) < 4.78 is 37.2. The van der Waals surface area contributed by atoms with Gasteiger partial charge in [-0.05, 0) is 37.0 Å². The first-order valence-corrected chi connectivity index (χ1v) is 6.93. The highest BCUT2D eigenvalue weighted by molar-refractivity contribution is 5.76. The van der Waals surface area contributed by atoms with Crippen LogP contribution in [-0.4, -0.2) is 23.7 Å². The second-order valence-corrected chi connectivity index (χ2v) is 4.88. The highest BCUT2D eigenvalue weighted by Gasteiger charge is 2.29. The van der Waals surface area contributed by atoms with Crippen molar-refractivity contribution in [2.45, 2.75) is 44.8 Å². The van der Waals surface area contributed by atoms with Crippen LogP contribution in [-0.2, 0) is 17.4 Å². The van der Waals surface area contributed by atoms with Crippen molar-refractivity contribution in [1.29, 1.82) is 0 Å². The number of hydrogen-bond acceptors (Lipinski definition) is 2. The number of aliphatic hydroxyl groups excluding tert-OH is 1. The molecule has 0 fully saturated rings. The average molecular weight is 303 g/mol. The first kappa shape index (κ1) is 17.5. The molecule has 1 amide bonds. The number of hydrogen-bond donors (Lipinski definition) is 2. The molecular weight excluding hydrogens is 283 g/mol. The van der Waals surface area contributed by atoms with Gasteiger partial charge in [0, 0.05) is 19.1 Å². The SMILES string of the molecule is CCC(CCO)NC(=O)CCc1ccc(C(F)(F)F)cc1. The van der Waals surface area contributed by atoms with Crippen LogP contribution in [0.4, 0.5) is 13.2 Å². The molecule has 0 radical (unpaired) electrons. The second-order valence-electron chi connectivity index (χ2n) is 4.88. The lowest BCUT2D eigenvalue weighted by molar-refractivity contribution is -0.137. The van der Waals surface area contributed by atoms with Crippen molar-refractivity contribution in [1.82, 2.24) is 5.32 Å². The molecule has 118 valence electrons. The highest BCUT2D eigenvalue weighted by Crippen LogP contribution is 2.29. The largest absolute Gasteiger partial charge is 0.416 e. The second kappa shape index (κ2) is 8.02. The van der Waals surface area contributed by atoms with Gasteiger partial charge in [-0.15, -0.1) is 0 Å². The third-order valence-electron chi connectivity index (χ3n) is 3.26. The molecular formula is C15H20F3NO2. The van der Waals surface area contributed by atoms with Gasteiger partial charge in [-0.25, -0.2) is 0 Å². The van der Waals surface area contributed by atoms with E-state index in [1.54, 1.807) is 0 Å². The molecule has 0 aliphatic carbocycles. The zero-order chi connectivity index (χ0) is 15.9. The van der Waals surface area contributed by atoms with E-state index in [0.29, 0.717) is 18.4 Å². The number of carbonyl (C=O) groups is 1. The molecule has 0 heterocycles. The molecule has 0 saturated carbocycles. The molecule has 1 aromatic carbocycles. The van der Waals surface area contributed by atoms with Crippen molar-refractivity contribution in [3.63, 3.8) is 0 Å². The number of rotatable bonds is 7. The van der Waals surface area contributed by atoms with Crippen molar-refractivity contribution < 1.29 is 23.1 Å². The Morgan fingerprint density at radius 1 is 1.29 bits per heavy atom. The minimum atomic E-state index is -4.34. The van der Waals surface area contributed by atoms with Gasteiger partial charge in [-0.3, -0.25) is 4.79 Å². The number of alkyl halides is 3. The van der Waals surface area contributed by atoms with Crippen LogP contribution in [0.1, 0.15) is 37.3 Å². The molecule has 0 aliphatic rings. The van der Waals surface area contributed by atoms with Crippen molar-refractivity contribution in [2.75, 3.05) is 6.61 Å². The van der Waals surface area contributed by atoms with E-state index in [2.05, 4.69) is 5.32 Å². The fourth-order valence-electron chi connectivity index (χ4n) is 1.95. The van der Waals surface area contributed by atoms with Crippen LogP contribution in [0.3, 0.4) is 0 Å². The van der Waals surface area contributed by atoms with Gasteiger partial charge in [0.05, 0.1) is 5.56 Å². The molecule has 1 unspecified atom stereocenters. The lowest BCUT2D eigenvalue weighted by Crippen LogP contribution is -2.35. The van der Waals surface area contributed by atoms with Crippen LogP contribution in [0.25, 0.3) is 0 Å². The number of benzene rings is 1.